The molecule has 0 aromatic carbocycles. The SMILES string of the molecule is CCCNC(=O)C(C)NC(C)c1sccc1C. The Bertz CT molecular complexity index is 362. The molecule has 0 aliphatic rings. The lowest BCUT2D eigenvalue weighted by atomic mass is 10.1. The van der Waals surface area contributed by atoms with Crippen LogP contribution in [0.25, 0.3) is 0 Å². The molecular formula is C13H22N2OS. The van der Waals surface area contributed by atoms with Gasteiger partial charge in [-0.2, -0.15) is 0 Å². The molecule has 1 rings (SSSR count). The van der Waals surface area contributed by atoms with Gasteiger partial charge in [-0.15, -0.1) is 11.3 Å². The molecule has 1 amide bonds. The third-order valence-corrected chi connectivity index (χ3v) is 3.94. The molecule has 17 heavy (non-hydrogen) atoms. The number of nitrogens with one attached hydrogen (secondary N) is 2. The maximum Gasteiger partial charge on any atom is 0.236 e. The normalized spacial score (nSPS) is 14.4. The summed E-state index contributed by atoms with van der Waals surface area (Å²) >= 11 is 1.73. The third kappa shape index (κ3) is 4.13. The van der Waals surface area contributed by atoms with Gasteiger partial charge in [-0.1, -0.05) is 6.92 Å². The number of aryl methyl sites for hydroxylation is 1. The minimum atomic E-state index is -0.155. The number of thiophene rings is 1. The Morgan fingerprint density at radius 2 is 2.18 bits per heavy atom. The topological polar surface area (TPSA) is 41.1 Å². The molecule has 2 N–H and O–H groups in total. The van der Waals surface area contributed by atoms with E-state index in [2.05, 4.69) is 42.9 Å². The fraction of sp³-hybridized carbons (Fsp3) is 0.615. The van der Waals surface area contributed by atoms with Crippen molar-refractivity contribution in [3.8, 4) is 0 Å². The van der Waals surface area contributed by atoms with Crippen LogP contribution >= 0.6 is 11.3 Å². The highest BCUT2D eigenvalue weighted by Gasteiger charge is 2.17. The number of amides is 1. The molecular weight excluding hydrogens is 232 g/mol. The van der Waals surface area contributed by atoms with Crippen molar-refractivity contribution in [2.45, 2.75) is 46.2 Å². The van der Waals surface area contributed by atoms with E-state index in [0.717, 1.165) is 13.0 Å². The summed E-state index contributed by atoms with van der Waals surface area (Å²) in [5.74, 6) is 0.0768. The Kier molecular flexibility index (Phi) is 5.65. The molecule has 0 spiro atoms. The molecule has 1 aromatic rings. The predicted octanol–water partition coefficient (Wildman–Crippen LogP) is 2.62. The number of carbonyl (C=O) groups excluding carboxylic acids is 1. The standard InChI is InChI=1S/C13H22N2OS/c1-5-7-14-13(16)11(4)15-10(3)12-9(2)6-8-17-12/h6,8,10-11,15H,5,7H2,1-4H3,(H,14,16). The van der Waals surface area contributed by atoms with Crippen LogP contribution in [0.2, 0.25) is 0 Å². The van der Waals surface area contributed by atoms with Crippen LogP contribution in [0.5, 0.6) is 0 Å². The van der Waals surface area contributed by atoms with Gasteiger partial charge in [0.15, 0.2) is 0 Å². The molecule has 4 heteroatoms. The lowest BCUT2D eigenvalue weighted by Gasteiger charge is -2.19. The van der Waals surface area contributed by atoms with Gasteiger partial charge >= 0.3 is 0 Å². The first-order valence-electron chi connectivity index (χ1n) is 6.14. The van der Waals surface area contributed by atoms with Gasteiger partial charge in [-0.05, 0) is 44.2 Å². The highest BCUT2D eigenvalue weighted by molar-refractivity contribution is 7.10. The first kappa shape index (κ1) is 14.2. The lowest BCUT2D eigenvalue weighted by molar-refractivity contribution is -0.122. The molecule has 0 radical (unpaired) electrons. The molecule has 0 bridgehead atoms. The predicted molar refractivity (Wildman–Crippen MR) is 73.4 cm³/mol. The van der Waals surface area contributed by atoms with Crippen LogP contribution in [0.4, 0.5) is 0 Å². The Morgan fingerprint density at radius 1 is 1.47 bits per heavy atom. The maximum absolute atomic E-state index is 11.7. The van der Waals surface area contributed by atoms with Gasteiger partial charge in [0.05, 0.1) is 6.04 Å². The summed E-state index contributed by atoms with van der Waals surface area (Å²) in [4.78, 5) is 13.0. The van der Waals surface area contributed by atoms with Gasteiger partial charge in [0.1, 0.15) is 0 Å². The summed E-state index contributed by atoms with van der Waals surface area (Å²) in [7, 11) is 0. The molecule has 0 aliphatic carbocycles. The molecule has 0 saturated carbocycles. The average Bonchev–Trinajstić information content (AvgIpc) is 2.72. The first-order chi connectivity index (χ1) is 8.06. The fourth-order valence-corrected chi connectivity index (χ4v) is 2.70. The average molecular weight is 254 g/mol. The molecule has 0 aliphatic heterocycles. The van der Waals surface area contributed by atoms with Crippen LogP contribution in [-0.2, 0) is 4.79 Å². The van der Waals surface area contributed by atoms with E-state index in [1.54, 1.807) is 11.3 Å². The zero-order valence-corrected chi connectivity index (χ0v) is 11.9. The van der Waals surface area contributed by atoms with E-state index in [0.29, 0.717) is 0 Å². The zero-order chi connectivity index (χ0) is 12.8. The first-order valence-corrected chi connectivity index (χ1v) is 7.02. The van der Waals surface area contributed by atoms with E-state index in [9.17, 15) is 4.79 Å². The summed E-state index contributed by atoms with van der Waals surface area (Å²) in [6, 6.07) is 2.18. The maximum atomic E-state index is 11.7. The van der Waals surface area contributed by atoms with Crippen molar-refractivity contribution in [1.29, 1.82) is 0 Å². The summed E-state index contributed by atoms with van der Waals surface area (Å²) in [6.45, 7) is 8.91. The number of carbonyl (C=O) groups is 1. The lowest BCUT2D eigenvalue weighted by Crippen LogP contribution is -2.43. The molecule has 0 fully saturated rings. The molecule has 96 valence electrons. The van der Waals surface area contributed by atoms with E-state index in [1.165, 1.54) is 10.4 Å². The van der Waals surface area contributed by atoms with E-state index >= 15 is 0 Å². The van der Waals surface area contributed by atoms with E-state index in [1.807, 2.05) is 6.92 Å². The van der Waals surface area contributed by atoms with Gasteiger partial charge in [0.25, 0.3) is 0 Å². The molecule has 2 unspecified atom stereocenters. The van der Waals surface area contributed by atoms with Gasteiger partial charge in [-0.25, -0.2) is 0 Å². The van der Waals surface area contributed by atoms with E-state index < -0.39 is 0 Å². The smallest absolute Gasteiger partial charge is 0.236 e. The van der Waals surface area contributed by atoms with Crippen molar-refractivity contribution < 1.29 is 4.79 Å². The Hall–Kier alpha value is -0.870. The Balaban J connectivity index is 2.48. The van der Waals surface area contributed by atoms with Crippen LogP contribution in [0.3, 0.4) is 0 Å². The van der Waals surface area contributed by atoms with Crippen LogP contribution < -0.4 is 10.6 Å². The molecule has 1 heterocycles. The number of hydrogen-bond donors (Lipinski definition) is 2. The van der Waals surface area contributed by atoms with Crippen LogP contribution in [-0.4, -0.2) is 18.5 Å². The minimum Gasteiger partial charge on any atom is -0.355 e. The second-order valence-electron chi connectivity index (χ2n) is 4.37. The van der Waals surface area contributed by atoms with Crippen LogP contribution in [0.15, 0.2) is 11.4 Å². The van der Waals surface area contributed by atoms with Gasteiger partial charge in [0, 0.05) is 17.5 Å². The summed E-state index contributed by atoms with van der Waals surface area (Å²) in [6.07, 6.45) is 0.970. The van der Waals surface area contributed by atoms with Gasteiger partial charge < -0.3 is 5.32 Å². The molecule has 1 aromatic heterocycles. The quantitative estimate of drug-likeness (QED) is 0.819. The number of hydrogen-bond acceptors (Lipinski definition) is 3. The Labute approximate surface area is 108 Å². The summed E-state index contributed by atoms with van der Waals surface area (Å²) < 4.78 is 0. The van der Waals surface area contributed by atoms with Gasteiger partial charge in [-0.3, -0.25) is 10.1 Å². The Morgan fingerprint density at radius 3 is 2.71 bits per heavy atom. The van der Waals surface area contributed by atoms with E-state index in [4.69, 9.17) is 0 Å². The van der Waals surface area contributed by atoms with Crippen molar-refractivity contribution in [1.82, 2.24) is 10.6 Å². The molecule has 0 saturated heterocycles. The second-order valence-corrected chi connectivity index (χ2v) is 5.32. The van der Waals surface area contributed by atoms with Crippen molar-refractivity contribution in [2.24, 2.45) is 0 Å². The van der Waals surface area contributed by atoms with E-state index in [-0.39, 0.29) is 18.0 Å². The van der Waals surface area contributed by atoms with Crippen molar-refractivity contribution in [3.05, 3.63) is 21.9 Å². The minimum absolute atomic E-state index is 0.0768. The van der Waals surface area contributed by atoms with Crippen LogP contribution in [0, 0.1) is 6.92 Å². The van der Waals surface area contributed by atoms with Gasteiger partial charge in [0.2, 0.25) is 5.91 Å². The fourth-order valence-electron chi connectivity index (χ4n) is 1.76. The largest absolute Gasteiger partial charge is 0.355 e. The summed E-state index contributed by atoms with van der Waals surface area (Å²) in [5.41, 5.74) is 1.29. The molecule has 2 atom stereocenters. The zero-order valence-electron chi connectivity index (χ0n) is 11.0. The van der Waals surface area contributed by atoms with Crippen molar-refractivity contribution >= 4 is 17.2 Å². The van der Waals surface area contributed by atoms with Crippen molar-refractivity contribution in [3.63, 3.8) is 0 Å². The monoisotopic (exact) mass is 254 g/mol. The van der Waals surface area contributed by atoms with Crippen molar-refractivity contribution in [2.75, 3.05) is 6.54 Å². The highest BCUT2D eigenvalue weighted by atomic mass is 32.1. The second kappa shape index (κ2) is 6.77. The summed E-state index contributed by atoms with van der Waals surface area (Å²) in [5, 5.41) is 8.32. The number of rotatable bonds is 6. The highest BCUT2D eigenvalue weighted by Crippen LogP contribution is 2.23. The van der Waals surface area contributed by atoms with Crippen LogP contribution in [0.1, 0.15) is 43.7 Å². The third-order valence-electron chi connectivity index (χ3n) is 2.74. The molecule has 3 nitrogen and oxygen atoms in total.